The van der Waals surface area contributed by atoms with Crippen LogP contribution in [-0.2, 0) is 16.7 Å². The fraction of sp³-hybridized carbons (Fsp3) is 0.345. The number of rotatable bonds is 9. The van der Waals surface area contributed by atoms with Crippen molar-refractivity contribution in [3.05, 3.63) is 89.2 Å². The molecule has 0 bridgehead atoms. The van der Waals surface area contributed by atoms with Crippen LogP contribution in [0.4, 0.5) is 14.9 Å². The molecule has 0 radical (unpaired) electrons. The van der Waals surface area contributed by atoms with Crippen molar-refractivity contribution in [2.45, 2.75) is 70.9 Å². The molecule has 0 fully saturated rings. The van der Waals surface area contributed by atoms with E-state index >= 15 is 0 Å². The summed E-state index contributed by atoms with van der Waals surface area (Å²) in [4.78, 5) is 15.0. The van der Waals surface area contributed by atoms with E-state index in [-0.39, 0.29) is 34.6 Å². The number of hydrogen-bond acceptors (Lipinski definition) is 4. The Morgan fingerprint density at radius 2 is 1.41 bits per heavy atom. The molecule has 0 spiro atoms. The summed E-state index contributed by atoms with van der Waals surface area (Å²) in [5, 5.41) is 3.16. The number of carbonyl (C=O) groups is 1. The highest BCUT2D eigenvalue weighted by atomic mass is 32.2. The molecular formula is C29H35FN2O4S. The molecule has 0 heterocycles. The first-order valence-corrected chi connectivity index (χ1v) is 13.8. The average molecular weight is 527 g/mol. The molecule has 2 amide bonds. The Morgan fingerprint density at radius 3 is 1.89 bits per heavy atom. The largest absolute Gasteiger partial charge is 0.379 e. The van der Waals surface area contributed by atoms with Crippen LogP contribution in [0, 0.1) is 5.82 Å². The first-order chi connectivity index (χ1) is 17.4. The van der Waals surface area contributed by atoms with Gasteiger partial charge in [-0.15, -0.1) is 0 Å². The molecular weight excluding hydrogens is 491 g/mol. The number of amides is 2. The van der Waals surface area contributed by atoms with Crippen LogP contribution in [0.25, 0.3) is 0 Å². The molecule has 6 nitrogen and oxygen atoms in total. The van der Waals surface area contributed by atoms with E-state index in [1.165, 1.54) is 12.1 Å². The van der Waals surface area contributed by atoms with Gasteiger partial charge >= 0.3 is 16.1 Å². The zero-order valence-electron chi connectivity index (χ0n) is 22.2. The first-order valence-electron chi connectivity index (χ1n) is 12.4. The summed E-state index contributed by atoms with van der Waals surface area (Å²) in [6, 6.07) is 16.8. The highest BCUT2D eigenvalue weighted by Crippen LogP contribution is 2.33. The van der Waals surface area contributed by atoms with Crippen molar-refractivity contribution in [3.63, 3.8) is 0 Å². The van der Waals surface area contributed by atoms with Gasteiger partial charge in [0, 0.05) is 18.3 Å². The molecule has 0 aromatic heterocycles. The summed E-state index contributed by atoms with van der Waals surface area (Å²) >= 11 is 0. The Bertz CT molecular complexity index is 1290. The van der Waals surface area contributed by atoms with Crippen LogP contribution in [0.1, 0.15) is 70.1 Å². The van der Waals surface area contributed by atoms with Crippen molar-refractivity contribution >= 4 is 21.8 Å². The Morgan fingerprint density at radius 1 is 0.865 bits per heavy atom. The summed E-state index contributed by atoms with van der Waals surface area (Å²) in [5.74, 6) is 0.0942. The van der Waals surface area contributed by atoms with Crippen LogP contribution in [-0.4, -0.2) is 25.4 Å². The van der Waals surface area contributed by atoms with E-state index < -0.39 is 15.9 Å². The Hall–Kier alpha value is -3.39. The molecule has 8 heteroatoms. The van der Waals surface area contributed by atoms with E-state index in [2.05, 4.69) is 33.0 Å². The highest BCUT2D eigenvalue weighted by Gasteiger charge is 2.22. The summed E-state index contributed by atoms with van der Waals surface area (Å²) < 4.78 is 43.3. The maximum Gasteiger partial charge on any atom is 0.339 e. The number of para-hydroxylation sites is 1. The van der Waals surface area contributed by atoms with E-state index in [9.17, 15) is 17.6 Å². The van der Waals surface area contributed by atoms with Gasteiger partial charge in [-0.25, -0.2) is 9.18 Å². The Labute approximate surface area is 219 Å². The molecule has 0 aliphatic carbocycles. The predicted octanol–water partition coefficient (Wildman–Crippen LogP) is 7.28. The maximum atomic E-state index is 13.4. The second kappa shape index (κ2) is 11.8. The molecule has 0 atom stereocenters. The Kier molecular flexibility index (Phi) is 8.97. The van der Waals surface area contributed by atoms with E-state index in [0.29, 0.717) is 6.54 Å². The van der Waals surface area contributed by atoms with Crippen LogP contribution in [0.3, 0.4) is 0 Å². The SMILES string of the molecule is CC(C)c1cccc(C(C)C)c1NC(=O)N(Cc1ccc(OS(=O)(=O)c2ccc(F)cc2)cc1)C(C)C. The summed E-state index contributed by atoms with van der Waals surface area (Å²) in [5.41, 5.74) is 3.86. The molecule has 0 saturated heterocycles. The van der Waals surface area contributed by atoms with Gasteiger partial charge < -0.3 is 14.4 Å². The summed E-state index contributed by atoms with van der Waals surface area (Å²) in [6.07, 6.45) is 0. The van der Waals surface area contributed by atoms with Gasteiger partial charge in [-0.1, -0.05) is 58.0 Å². The number of anilines is 1. The molecule has 0 unspecified atom stereocenters. The standard InChI is InChI=1S/C29H35FN2O4S/c1-19(2)26-8-7-9-27(20(3)4)28(26)31-29(33)32(21(5)6)18-22-10-14-24(15-11-22)36-37(34,35)25-16-12-23(30)13-17-25/h7-17,19-21H,18H2,1-6H3,(H,31,33). The minimum atomic E-state index is -4.09. The number of hydrogen-bond donors (Lipinski definition) is 1. The smallest absolute Gasteiger partial charge is 0.339 e. The number of urea groups is 1. The van der Waals surface area contributed by atoms with Gasteiger partial charge in [0.25, 0.3) is 0 Å². The maximum absolute atomic E-state index is 13.4. The molecule has 0 aliphatic heterocycles. The highest BCUT2D eigenvalue weighted by molar-refractivity contribution is 7.87. The van der Waals surface area contributed by atoms with Crippen LogP contribution >= 0.6 is 0 Å². The van der Waals surface area contributed by atoms with Crippen LogP contribution in [0.2, 0.25) is 0 Å². The second-order valence-corrected chi connectivity index (χ2v) is 11.5. The third-order valence-electron chi connectivity index (χ3n) is 6.07. The van der Waals surface area contributed by atoms with Crippen molar-refractivity contribution in [3.8, 4) is 5.75 Å². The monoisotopic (exact) mass is 526 g/mol. The van der Waals surface area contributed by atoms with Gasteiger partial charge in [0.2, 0.25) is 0 Å². The Balaban J connectivity index is 1.77. The summed E-state index contributed by atoms with van der Waals surface area (Å²) in [7, 11) is -4.09. The molecule has 3 rings (SSSR count). The third-order valence-corrected chi connectivity index (χ3v) is 7.33. The van der Waals surface area contributed by atoms with Gasteiger partial charge in [-0.3, -0.25) is 0 Å². The molecule has 3 aromatic carbocycles. The lowest BCUT2D eigenvalue weighted by Crippen LogP contribution is -2.39. The van der Waals surface area contributed by atoms with Gasteiger partial charge in [0.15, 0.2) is 0 Å². The van der Waals surface area contributed by atoms with Gasteiger partial charge in [0.05, 0.1) is 0 Å². The van der Waals surface area contributed by atoms with Crippen LogP contribution < -0.4 is 9.50 Å². The number of nitrogens with zero attached hydrogens (tertiary/aromatic N) is 1. The minimum Gasteiger partial charge on any atom is -0.379 e. The first kappa shape index (κ1) is 28.2. The van der Waals surface area contributed by atoms with Crippen LogP contribution in [0.5, 0.6) is 5.75 Å². The van der Waals surface area contributed by atoms with Crippen molar-refractivity contribution in [2.75, 3.05) is 5.32 Å². The summed E-state index contributed by atoms with van der Waals surface area (Å²) in [6.45, 7) is 12.7. The number of nitrogens with one attached hydrogen (secondary N) is 1. The normalized spacial score (nSPS) is 11.7. The van der Waals surface area contributed by atoms with Crippen molar-refractivity contribution in [2.24, 2.45) is 0 Å². The van der Waals surface area contributed by atoms with Crippen LogP contribution in [0.15, 0.2) is 71.6 Å². The number of benzene rings is 3. The molecule has 37 heavy (non-hydrogen) atoms. The molecule has 1 N–H and O–H groups in total. The van der Waals surface area contributed by atoms with Gasteiger partial charge in [0.1, 0.15) is 16.5 Å². The van der Waals surface area contributed by atoms with Crippen molar-refractivity contribution in [1.29, 1.82) is 0 Å². The van der Waals surface area contributed by atoms with E-state index in [1.54, 1.807) is 17.0 Å². The lowest BCUT2D eigenvalue weighted by atomic mass is 9.92. The fourth-order valence-electron chi connectivity index (χ4n) is 3.99. The predicted molar refractivity (Wildman–Crippen MR) is 145 cm³/mol. The molecule has 0 saturated carbocycles. The molecule has 0 aliphatic rings. The third kappa shape index (κ3) is 7.10. The lowest BCUT2D eigenvalue weighted by Gasteiger charge is -2.29. The second-order valence-electron chi connectivity index (χ2n) is 9.91. The molecule has 3 aromatic rings. The molecule has 198 valence electrons. The zero-order chi connectivity index (χ0) is 27.3. The zero-order valence-corrected chi connectivity index (χ0v) is 23.0. The van der Waals surface area contributed by atoms with E-state index in [0.717, 1.165) is 46.6 Å². The topological polar surface area (TPSA) is 75.7 Å². The van der Waals surface area contributed by atoms with Gasteiger partial charge in [-0.2, -0.15) is 8.42 Å². The van der Waals surface area contributed by atoms with E-state index in [4.69, 9.17) is 4.18 Å². The number of carbonyl (C=O) groups excluding carboxylic acids is 1. The van der Waals surface area contributed by atoms with Crippen molar-refractivity contribution < 1.29 is 21.8 Å². The minimum absolute atomic E-state index is 0.0801. The van der Waals surface area contributed by atoms with E-state index in [1.807, 2.05) is 32.0 Å². The average Bonchev–Trinajstić information content (AvgIpc) is 2.83. The quantitative estimate of drug-likeness (QED) is 0.297. The van der Waals surface area contributed by atoms with Crippen molar-refractivity contribution in [1.82, 2.24) is 4.90 Å². The fourth-order valence-corrected chi connectivity index (χ4v) is 4.92. The lowest BCUT2D eigenvalue weighted by molar-refractivity contribution is 0.193. The van der Waals surface area contributed by atoms with Gasteiger partial charge in [-0.05, 0) is 78.8 Å². The number of halogens is 1.